The van der Waals surface area contributed by atoms with E-state index in [0.717, 1.165) is 37.1 Å². The molecule has 2 N–H and O–H groups in total. The Morgan fingerprint density at radius 2 is 2.10 bits per heavy atom. The Balaban J connectivity index is 1.52. The highest BCUT2D eigenvalue weighted by atomic mass is 35.5. The van der Waals surface area contributed by atoms with Crippen molar-refractivity contribution in [3.63, 3.8) is 0 Å². The molecule has 2 aromatic rings. The highest BCUT2D eigenvalue weighted by Crippen LogP contribution is 2.48. The monoisotopic (exact) mass is 303 g/mol. The van der Waals surface area contributed by atoms with Crippen molar-refractivity contribution in [1.82, 2.24) is 15.3 Å². The first-order valence-corrected chi connectivity index (χ1v) is 7.61. The number of benzene rings is 1. The van der Waals surface area contributed by atoms with Crippen LogP contribution in [-0.4, -0.2) is 22.4 Å². The number of aryl methyl sites for hydroxylation is 1. The Labute approximate surface area is 128 Å². The molecule has 4 nitrogen and oxygen atoms in total. The van der Waals surface area contributed by atoms with Crippen molar-refractivity contribution in [2.75, 3.05) is 6.54 Å². The first kappa shape index (κ1) is 14.1. The first-order valence-electron chi connectivity index (χ1n) is 7.23. The smallest absolute Gasteiger partial charge is 0.230 e. The van der Waals surface area contributed by atoms with Crippen molar-refractivity contribution in [3.05, 3.63) is 53.1 Å². The fourth-order valence-electron chi connectivity index (χ4n) is 2.60. The highest BCUT2D eigenvalue weighted by Gasteiger charge is 2.50. The average Bonchev–Trinajstić information content (AvgIpc) is 3.14. The van der Waals surface area contributed by atoms with Gasteiger partial charge in [-0.3, -0.25) is 4.79 Å². The number of H-pyrrole nitrogens is 1. The Kier molecular flexibility index (Phi) is 3.97. The third-order valence-electron chi connectivity index (χ3n) is 4.01. The number of halogens is 1. The number of aromatic amines is 1. The molecule has 1 aromatic heterocycles. The van der Waals surface area contributed by atoms with E-state index < -0.39 is 0 Å². The quantitative estimate of drug-likeness (QED) is 0.806. The summed E-state index contributed by atoms with van der Waals surface area (Å²) < 4.78 is 0. The van der Waals surface area contributed by atoms with E-state index in [1.807, 2.05) is 30.5 Å². The van der Waals surface area contributed by atoms with Crippen molar-refractivity contribution < 1.29 is 4.79 Å². The van der Waals surface area contributed by atoms with Crippen LogP contribution in [0.2, 0.25) is 5.02 Å². The van der Waals surface area contributed by atoms with Gasteiger partial charge in [0.15, 0.2) is 0 Å². The summed E-state index contributed by atoms with van der Waals surface area (Å²) in [4.78, 5) is 19.6. The molecule has 1 aliphatic carbocycles. The third kappa shape index (κ3) is 3.10. The zero-order valence-corrected chi connectivity index (χ0v) is 12.5. The summed E-state index contributed by atoms with van der Waals surface area (Å²) in [5.41, 5.74) is 0.741. The molecule has 0 aliphatic heterocycles. The van der Waals surface area contributed by atoms with Gasteiger partial charge in [-0.05, 0) is 37.0 Å². The van der Waals surface area contributed by atoms with Crippen molar-refractivity contribution in [2.24, 2.45) is 0 Å². The molecular formula is C16H18ClN3O. The van der Waals surface area contributed by atoms with Crippen molar-refractivity contribution in [1.29, 1.82) is 0 Å². The van der Waals surface area contributed by atoms with Gasteiger partial charge in [-0.25, -0.2) is 4.98 Å². The third-order valence-corrected chi connectivity index (χ3v) is 4.26. The summed E-state index contributed by atoms with van der Waals surface area (Å²) >= 11 is 5.90. The Hall–Kier alpha value is -1.81. The Morgan fingerprint density at radius 1 is 1.33 bits per heavy atom. The number of imidazole rings is 1. The summed E-state index contributed by atoms with van der Waals surface area (Å²) in [6.45, 7) is 0.675. The van der Waals surface area contributed by atoms with Crippen LogP contribution in [0.15, 0.2) is 36.7 Å². The van der Waals surface area contributed by atoms with Crippen molar-refractivity contribution in [3.8, 4) is 0 Å². The van der Waals surface area contributed by atoms with Crippen LogP contribution in [0.5, 0.6) is 0 Å². The molecule has 1 aromatic carbocycles. The molecule has 1 heterocycles. The van der Waals surface area contributed by atoms with Crippen LogP contribution in [0.3, 0.4) is 0 Å². The maximum absolute atomic E-state index is 12.4. The maximum atomic E-state index is 12.4. The topological polar surface area (TPSA) is 57.8 Å². The highest BCUT2D eigenvalue weighted by molar-refractivity contribution is 6.30. The van der Waals surface area contributed by atoms with Gasteiger partial charge in [0.2, 0.25) is 5.91 Å². The van der Waals surface area contributed by atoms with E-state index in [0.29, 0.717) is 11.6 Å². The fraction of sp³-hybridized carbons (Fsp3) is 0.375. The summed E-state index contributed by atoms with van der Waals surface area (Å²) in [6.07, 6.45) is 7.12. The number of aromatic nitrogens is 2. The van der Waals surface area contributed by atoms with E-state index in [2.05, 4.69) is 15.3 Å². The largest absolute Gasteiger partial charge is 0.355 e. The lowest BCUT2D eigenvalue weighted by molar-refractivity contribution is -0.123. The van der Waals surface area contributed by atoms with Crippen molar-refractivity contribution >= 4 is 17.5 Å². The normalized spacial score (nSPS) is 15.7. The van der Waals surface area contributed by atoms with Gasteiger partial charge in [0.25, 0.3) is 0 Å². The van der Waals surface area contributed by atoms with E-state index in [-0.39, 0.29) is 11.3 Å². The minimum absolute atomic E-state index is 0.129. The molecule has 1 amide bonds. The van der Waals surface area contributed by atoms with Gasteiger partial charge in [0.05, 0.1) is 5.41 Å². The molecule has 1 saturated carbocycles. The number of carbonyl (C=O) groups is 1. The van der Waals surface area contributed by atoms with Gasteiger partial charge in [-0.1, -0.05) is 23.7 Å². The number of nitrogens with one attached hydrogen (secondary N) is 2. The number of carbonyl (C=O) groups excluding carboxylic acids is 1. The predicted molar refractivity (Wildman–Crippen MR) is 82.3 cm³/mol. The molecule has 0 radical (unpaired) electrons. The molecule has 0 spiro atoms. The molecule has 21 heavy (non-hydrogen) atoms. The lowest BCUT2D eigenvalue weighted by Crippen LogP contribution is -2.35. The molecule has 5 heteroatoms. The molecule has 0 saturated heterocycles. The van der Waals surface area contributed by atoms with Crippen LogP contribution in [0.4, 0.5) is 0 Å². The van der Waals surface area contributed by atoms with E-state index >= 15 is 0 Å². The zero-order chi connectivity index (χ0) is 14.7. The number of amides is 1. The minimum atomic E-state index is -0.324. The number of rotatable bonds is 6. The van der Waals surface area contributed by atoms with Crippen LogP contribution in [0.1, 0.15) is 30.7 Å². The molecule has 0 bridgehead atoms. The van der Waals surface area contributed by atoms with Crippen molar-refractivity contribution in [2.45, 2.75) is 31.1 Å². The number of hydrogen-bond acceptors (Lipinski definition) is 2. The lowest BCUT2D eigenvalue weighted by Gasteiger charge is -2.15. The molecular weight excluding hydrogens is 286 g/mol. The second-order valence-corrected chi connectivity index (χ2v) is 5.92. The molecule has 0 unspecified atom stereocenters. The van der Waals surface area contributed by atoms with Gasteiger partial charge in [0.1, 0.15) is 5.82 Å². The van der Waals surface area contributed by atoms with E-state index in [1.54, 1.807) is 6.20 Å². The van der Waals surface area contributed by atoms with Gasteiger partial charge >= 0.3 is 0 Å². The summed E-state index contributed by atoms with van der Waals surface area (Å²) in [6, 6.07) is 7.61. The maximum Gasteiger partial charge on any atom is 0.230 e. The van der Waals surface area contributed by atoms with Crippen LogP contribution < -0.4 is 5.32 Å². The second kappa shape index (κ2) is 5.90. The first-order chi connectivity index (χ1) is 10.2. The zero-order valence-electron chi connectivity index (χ0n) is 11.7. The standard InChI is InChI=1S/C16H18ClN3O/c17-13-5-3-12(4-6-13)16(7-8-16)15(21)20-9-1-2-14-18-10-11-19-14/h3-6,10-11H,1-2,7-9H2,(H,18,19)(H,20,21). The Bertz CT molecular complexity index is 603. The summed E-state index contributed by atoms with van der Waals surface area (Å²) in [5.74, 6) is 1.09. The Morgan fingerprint density at radius 3 is 2.71 bits per heavy atom. The molecule has 1 aliphatic rings. The average molecular weight is 304 g/mol. The van der Waals surface area contributed by atoms with Gasteiger partial charge in [-0.15, -0.1) is 0 Å². The number of hydrogen-bond donors (Lipinski definition) is 2. The predicted octanol–water partition coefficient (Wildman–Crippen LogP) is 2.84. The van der Waals surface area contributed by atoms with E-state index in [4.69, 9.17) is 11.6 Å². The SMILES string of the molecule is O=C(NCCCc1ncc[nH]1)C1(c2ccc(Cl)cc2)CC1. The van der Waals surface area contributed by atoms with E-state index in [1.165, 1.54) is 0 Å². The second-order valence-electron chi connectivity index (χ2n) is 5.48. The van der Waals surface area contributed by atoms with Gasteiger partial charge in [-0.2, -0.15) is 0 Å². The lowest BCUT2D eigenvalue weighted by atomic mass is 9.95. The molecule has 0 atom stereocenters. The van der Waals surface area contributed by atoms with Crippen LogP contribution >= 0.6 is 11.6 Å². The van der Waals surface area contributed by atoms with E-state index in [9.17, 15) is 4.79 Å². The summed E-state index contributed by atoms with van der Waals surface area (Å²) in [5, 5.41) is 3.75. The molecule has 1 fully saturated rings. The summed E-state index contributed by atoms with van der Waals surface area (Å²) in [7, 11) is 0. The van der Waals surface area contributed by atoms with Gasteiger partial charge in [0, 0.05) is 30.4 Å². The van der Waals surface area contributed by atoms with Crippen LogP contribution in [0, 0.1) is 0 Å². The molecule has 3 rings (SSSR count). The van der Waals surface area contributed by atoms with Gasteiger partial charge < -0.3 is 10.3 Å². The van der Waals surface area contributed by atoms with Crippen LogP contribution in [-0.2, 0) is 16.6 Å². The van der Waals surface area contributed by atoms with Crippen LogP contribution in [0.25, 0.3) is 0 Å². The minimum Gasteiger partial charge on any atom is -0.355 e. The number of nitrogens with zero attached hydrogens (tertiary/aromatic N) is 1. The molecule has 110 valence electrons. The fourth-order valence-corrected chi connectivity index (χ4v) is 2.73.